The van der Waals surface area contributed by atoms with Gasteiger partial charge in [0, 0.05) is 34.1 Å². The molecule has 1 atom stereocenters. The van der Waals surface area contributed by atoms with Crippen LogP contribution in [0.3, 0.4) is 0 Å². The zero-order valence-corrected chi connectivity index (χ0v) is 13.9. The van der Waals surface area contributed by atoms with E-state index >= 15 is 0 Å². The van der Waals surface area contributed by atoms with E-state index in [4.69, 9.17) is 9.90 Å². The zero-order chi connectivity index (χ0) is 20.3. The lowest BCUT2D eigenvalue weighted by molar-refractivity contribution is -0.660. The molecule has 0 N–H and O–H groups in total. The predicted octanol–water partition coefficient (Wildman–Crippen LogP) is 4.90. The molecule has 0 radical (unpaired) electrons. The highest BCUT2D eigenvalue weighted by molar-refractivity contribution is 6.09. The van der Waals surface area contributed by atoms with E-state index in [0.29, 0.717) is 5.56 Å². The van der Waals surface area contributed by atoms with Crippen molar-refractivity contribution in [3.8, 4) is 11.3 Å². The molecule has 0 aliphatic rings. The van der Waals surface area contributed by atoms with Crippen LogP contribution in [-0.2, 0) is 7.05 Å². The van der Waals surface area contributed by atoms with E-state index in [1.807, 2.05) is 36.7 Å². The third-order valence-electron chi connectivity index (χ3n) is 4.48. The number of fused-ring (bicyclic) bond motifs is 3. The van der Waals surface area contributed by atoms with Gasteiger partial charge in [-0.05, 0) is 30.5 Å². The maximum absolute atomic E-state index is 8.34. The average Bonchev–Trinajstić information content (AvgIpc) is 2.99. The van der Waals surface area contributed by atoms with Crippen molar-refractivity contribution in [1.82, 2.24) is 4.98 Å². The molecule has 120 valence electrons. The van der Waals surface area contributed by atoms with Crippen LogP contribution in [0.5, 0.6) is 0 Å². The Hall–Kier alpha value is -2.68. The van der Waals surface area contributed by atoms with Gasteiger partial charge in [-0.2, -0.15) is 0 Å². The Morgan fingerprint density at radius 2 is 2.08 bits per heavy atom. The maximum Gasteiger partial charge on any atom is 0.216 e. The first-order chi connectivity index (χ1) is 13.1. The fourth-order valence-corrected chi connectivity index (χ4v) is 3.20. The Labute approximate surface area is 147 Å². The van der Waals surface area contributed by atoms with Crippen molar-refractivity contribution in [2.24, 2.45) is 7.05 Å². The van der Waals surface area contributed by atoms with E-state index in [0.717, 1.165) is 38.8 Å². The zero-order valence-electron chi connectivity index (χ0n) is 17.9. The van der Waals surface area contributed by atoms with Crippen molar-refractivity contribution in [3.63, 3.8) is 0 Å². The standard InChI is InChI=1S/C21H21N2O/c1-13(2)15-6-8-18(23(4)12-15)20-14(3)5-7-17-16-9-10-22-11-19(16)24-21(17)20/h5-13H,1-4H3/q+1/i1D3,13D. The summed E-state index contributed by atoms with van der Waals surface area (Å²) in [6, 6.07) is 9.62. The van der Waals surface area contributed by atoms with Crippen LogP contribution >= 0.6 is 0 Å². The fourth-order valence-electron chi connectivity index (χ4n) is 3.20. The summed E-state index contributed by atoms with van der Waals surface area (Å²) in [4.78, 5) is 4.14. The Balaban J connectivity index is 1.95. The molecule has 0 aliphatic heterocycles. The van der Waals surface area contributed by atoms with Crippen molar-refractivity contribution in [1.29, 1.82) is 0 Å². The van der Waals surface area contributed by atoms with E-state index in [1.54, 1.807) is 24.7 Å². The molecule has 4 rings (SSSR count). The Morgan fingerprint density at radius 3 is 2.88 bits per heavy atom. The van der Waals surface area contributed by atoms with Gasteiger partial charge in [0.2, 0.25) is 5.69 Å². The quantitative estimate of drug-likeness (QED) is 0.491. The first-order valence-corrected chi connectivity index (χ1v) is 7.87. The molecule has 0 fully saturated rings. The van der Waals surface area contributed by atoms with E-state index in [2.05, 4.69) is 11.1 Å². The molecule has 1 unspecified atom stereocenters. The van der Waals surface area contributed by atoms with Crippen molar-refractivity contribution >= 4 is 21.9 Å². The normalized spacial score (nSPS) is 17.1. The van der Waals surface area contributed by atoms with Gasteiger partial charge in [0.1, 0.15) is 12.6 Å². The van der Waals surface area contributed by atoms with Crippen LogP contribution in [0, 0.1) is 6.92 Å². The number of nitrogens with zero attached hydrogens (tertiary/aromatic N) is 2. The maximum atomic E-state index is 8.34. The molecular formula is C21H21N2O+. The van der Waals surface area contributed by atoms with Crippen molar-refractivity contribution in [3.05, 3.63) is 60.0 Å². The van der Waals surface area contributed by atoms with Gasteiger partial charge in [0.05, 0.1) is 11.8 Å². The van der Waals surface area contributed by atoms with Gasteiger partial charge >= 0.3 is 0 Å². The number of pyridine rings is 2. The first kappa shape index (κ1) is 11.0. The largest absolute Gasteiger partial charge is 0.454 e. The van der Waals surface area contributed by atoms with Gasteiger partial charge in [0.15, 0.2) is 11.8 Å². The van der Waals surface area contributed by atoms with Gasteiger partial charge in [-0.15, -0.1) is 0 Å². The Bertz CT molecular complexity index is 1210. The molecule has 3 nitrogen and oxygen atoms in total. The molecule has 1 aromatic carbocycles. The molecule has 0 saturated heterocycles. The molecule has 3 aromatic heterocycles. The molecule has 4 aromatic rings. The number of hydrogen-bond donors (Lipinski definition) is 0. The minimum Gasteiger partial charge on any atom is -0.454 e. The van der Waals surface area contributed by atoms with Crippen LogP contribution in [0.15, 0.2) is 53.3 Å². The third kappa shape index (κ3) is 2.20. The number of furan rings is 1. The molecule has 0 aliphatic carbocycles. The Morgan fingerprint density at radius 1 is 1.21 bits per heavy atom. The van der Waals surface area contributed by atoms with Crippen LogP contribution in [0.2, 0.25) is 0 Å². The van der Waals surface area contributed by atoms with Gasteiger partial charge < -0.3 is 4.42 Å². The third-order valence-corrected chi connectivity index (χ3v) is 4.48. The lowest BCUT2D eigenvalue weighted by Gasteiger charge is -2.08. The molecule has 0 spiro atoms. The molecule has 3 heterocycles. The van der Waals surface area contributed by atoms with Crippen LogP contribution in [0.25, 0.3) is 33.2 Å². The predicted molar refractivity (Wildman–Crippen MR) is 97.0 cm³/mol. The summed E-state index contributed by atoms with van der Waals surface area (Å²) in [7, 11) is 1.86. The number of aryl methyl sites for hydroxylation is 2. The smallest absolute Gasteiger partial charge is 0.216 e. The second-order valence-electron chi connectivity index (χ2n) is 6.15. The van der Waals surface area contributed by atoms with Gasteiger partial charge in [-0.25, -0.2) is 4.57 Å². The monoisotopic (exact) mass is 321 g/mol. The highest BCUT2D eigenvalue weighted by Gasteiger charge is 2.21. The van der Waals surface area contributed by atoms with Crippen LogP contribution < -0.4 is 4.57 Å². The summed E-state index contributed by atoms with van der Waals surface area (Å²) in [5, 5.41) is 2.02. The highest BCUT2D eigenvalue weighted by atomic mass is 16.3. The van der Waals surface area contributed by atoms with Crippen molar-refractivity contribution in [2.75, 3.05) is 0 Å². The van der Waals surface area contributed by atoms with E-state index in [1.165, 1.54) is 6.92 Å². The van der Waals surface area contributed by atoms with Gasteiger partial charge in [-0.1, -0.05) is 25.9 Å². The number of hydrogen-bond acceptors (Lipinski definition) is 2. The van der Waals surface area contributed by atoms with E-state index in [-0.39, 0.29) is 0 Å². The van der Waals surface area contributed by atoms with Crippen LogP contribution in [0.1, 0.15) is 36.3 Å². The van der Waals surface area contributed by atoms with Gasteiger partial charge in [0.25, 0.3) is 0 Å². The van der Waals surface area contributed by atoms with Gasteiger partial charge in [-0.3, -0.25) is 4.98 Å². The summed E-state index contributed by atoms with van der Waals surface area (Å²) in [5.74, 6) is -1.69. The Kier molecular flexibility index (Phi) is 2.49. The number of aromatic nitrogens is 2. The molecule has 0 bridgehead atoms. The SMILES string of the molecule is [2H]C([2H])([2H])C([2H])(C)c1ccc(-c2c(C)ccc3c2oc2cnccc23)[n+](C)c1. The lowest BCUT2D eigenvalue weighted by Crippen LogP contribution is -2.31. The first-order valence-electron chi connectivity index (χ1n) is 9.87. The summed E-state index contributed by atoms with van der Waals surface area (Å²) in [5.41, 5.74) is 4.83. The fraction of sp³-hybridized carbons (Fsp3) is 0.238. The van der Waals surface area contributed by atoms with Crippen molar-refractivity contribution in [2.45, 2.75) is 26.6 Å². The minimum atomic E-state index is -2.41. The molecule has 24 heavy (non-hydrogen) atoms. The van der Waals surface area contributed by atoms with Crippen LogP contribution in [-0.4, -0.2) is 4.98 Å². The summed E-state index contributed by atoms with van der Waals surface area (Å²) >= 11 is 0. The van der Waals surface area contributed by atoms with E-state index in [9.17, 15) is 0 Å². The topological polar surface area (TPSA) is 29.9 Å². The minimum absolute atomic E-state index is 0.442. The highest BCUT2D eigenvalue weighted by Crippen LogP contribution is 2.36. The molecule has 0 amide bonds. The molecular weight excluding hydrogens is 296 g/mol. The van der Waals surface area contributed by atoms with E-state index < -0.39 is 12.7 Å². The second kappa shape index (κ2) is 5.45. The number of rotatable bonds is 2. The van der Waals surface area contributed by atoms with Crippen LogP contribution in [0.4, 0.5) is 0 Å². The lowest BCUT2D eigenvalue weighted by atomic mass is 9.99. The summed E-state index contributed by atoms with van der Waals surface area (Å²) in [6.45, 7) is 1.03. The number of benzene rings is 1. The van der Waals surface area contributed by atoms with Crippen molar-refractivity contribution < 1.29 is 14.5 Å². The average molecular weight is 321 g/mol. The summed E-state index contributed by atoms with van der Waals surface area (Å²) in [6.07, 6.45) is 5.17. The molecule has 0 saturated carbocycles. The summed E-state index contributed by atoms with van der Waals surface area (Å²) < 4.78 is 39.4. The second-order valence-corrected chi connectivity index (χ2v) is 6.15. The molecule has 3 heteroatoms.